The molecular weight excluding hydrogens is 550 g/mol. The van der Waals surface area contributed by atoms with Crippen LogP contribution >= 0.6 is 0 Å². The normalized spacial score (nSPS) is 10.8. The monoisotopic (exact) mass is 606 g/mol. The summed E-state index contributed by atoms with van der Waals surface area (Å²) in [5, 5.41) is 0. The first-order chi connectivity index (χ1) is 13.7. The van der Waals surface area contributed by atoms with Crippen LogP contribution in [0.25, 0.3) is 0 Å². The van der Waals surface area contributed by atoms with E-state index in [-0.39, 0.29) is 0 Å². The van der Waals surface area contributed by atoms with Gasteiger partial charge in [-0.15, -0.1) is 0 Å². The van der Waals surface area contributed by atoms with Crippen LogP contribution in [0.5, 0.6) is 0 Å². The zero-order valence-corrected chi connectivity index (χ0v) is 26.0. The van der Waals surface area contributed by atoms with Crippen LogP contribution in [0.15, 0.2) is 25.3 Å². The van der Waals surface area contributed by atoms with Crippen LogP contribution in [0.2, 0.25) is 26.6 Å². The molecule has 0 aliphatic carbocycles. The Morgan fingerprint density at radius 3 is 0.929 bits per heavy atom. The van der Waals surface area contributed by atoms with Gasteiger partial charge in [0.1, 0.15) is 0 Å². The fraction of sp³-hybridized carbons (Fsp3) is 0.846. The molecule has 0 heterocycles. The van der Waals surface area contributed by atoms with Crippen molar-refractivity contribution in [3.05, 3.63) is 25.3 Å². The number of hydrogen-bond donors (Lipinski definition) is 0. The zero-order chi connectivity index (χ0) is 21.3. The minimum atomic E-state index is -0.907. The Kier molecular flexibility index (Phi) is 31.4. The Balaban J connectivity index is 0. The molecule has 0 aliphatic rings. The van der Waals surface area contributed by atoms with Gasteiger partial charge in [0, 0.05) is 0 Å². The predicted octanol–water partition coefficient (Wildman–Crippen LogP) is 10.1. The van der Waals surface area contributed by atoms with Gasteiger partial charge in [0.2, 0.25) is 0 Å². The van der Waals surface area contributed by atoms with Crippen molar-refractivity contribution >= 4 is 39.5 Å². The summed E-state index contributed by atoms with van der Waals surface area (Å²) < 4.78 is 9.83. The van der Waals surface area contributed by atoms with E-state index < -0.39 is 39.5 Å². The minimum absolute atomic E-state index is 0.907. The van der Waals surface area contributed by atoms with E-state index in [2.05, 4.69) is 53.0 Å². The molecule has 0 N–H and O–H groups in total. The van der Waals surface area contributed by atoms with E-state index in [1.165, 1.54) is 77.0 Å². The van der Waals surface area contributed by atoms with E-state index in [1.54, 1.807) is 26.6 Å². The first-order valence-corrected chi connectivity index (χ1v) is 24.7. The number of unbranched alkanes of at least 4 members (excludes halogenated alkanes) is 6. The molecule has 0 aromatic carbocycles. The third-order valence-corrected chi connectivity index (χ3v) is 23.6. The van der Waals surface area contributed by atoms with Crippen molar-refractivity contribution in [3.63, 3.8) is 0 Å². The summed E-state index contributed by atoms with van der Waals surface area (Å²) in [7, 11) is 0. The van der Waals surface area contributed by atoms with E-state index in [9.17, 15) is 0 Å². The first kappa shape index (κ1) is 31.3. The quantitative estimate of drug-likeness (QED) is 0.0738. The van der Waals surface area contributed by atoms with Gasteiger partial charge in [-0.3, -0.25) is 0 Å². The molecule has 0 atom stereocenters. The topological polar surface area (TPSA) is 0 Å². The van der Waals surface area contributed by atoms with Gasteiger partial charge in [0.05, 0.1) is 0 Å². The first-order valence-electron chi connectivity index (χ1n) is 12.6. The van der Waals surface area contributed by atoms with Crippen molar-refractivity contribution < 1.29 is 0 Å². The molecule has 0 aromatic rings. The van der Waals surface area contributed by atoms with E-state index in [0.717, 1.165) is 0 Å². The maximum absolute atomic E-state index is 3.80. The second kappa shape index (κ2) is 28.1. The van der Waals surface area contributed by atoms with Gasteiger partial charge in [-0.05, 0) is 0 Å². The Bertz CT molecular complexity index is 255. The third-order valence-electron chi connectivity index (χ3n) is 5.41. The third kappa shape index (κ3) is 25.1. The van der Waals surface area contributed by atoms with Gasteiger partial charge < -0.3 is 0 Å². The SMILES string of the molecule is C=CCC[CH2][Sn]([CH2]CCC)[CH2]CCC.C=CCC[CH2][Sn]([CH2]CCC)[CH2]CCC. The molecule has 2 radical (unpaired) electrons. The molecule has 0 unspecified atom stereocenters. The number of allylic oxidation sites excluding steroid dienone is 2. The van der Waals surface area contributed by atoms with Crippen LogP contribution in [0, 0.1) is 0 Å². The molecule has 0 aliphatic heterocycles. The fourth-order valence-corrected chi connectivity index (χ4v) is 21.5. The molecule has 28 heavy (non-hydrogen) atoms. The molecule has 0 spiro atoms. The molecule has 0 nitrogen and oxygen atoms in total. The summed E-state index contributed by atoms with van der Waals surface area (Å²) in [4.78, 5) is 0. The van der Waals surface area contributed by atoms with Crippen molar-refractivity contribution in [2.24, 2.45) is 0 Å². The maximum atomic E-state index is 3.80. The predicted molar refractivity (Wildman–Crippen MR) is 139 cm³/mol. The number of rotatable bonds is 20. The van der Waals surface area contributed by atoms with Crippen molar-refractivity contribution in [3.8, 4) is 0 Å². The molecule has 0 aromatic heterocycles. The van der Waals surface area contributed by atoms with Crippen LogP contribution < -0.4 is 0 Å². The second-order valence-corrected chi connectivity index (χ2v) is 25.4. The molecule has 0 bridgehead atoms. The van der Waals surface area contributed by atoms with Gasteiger partial charge >= 0.3 is 196 Å². The van der Waals surface area contributed by atoms with Crippen LogP contribution in [0.1, 0.15) is 105 Å². The second-order valence-electron chi connectivity index (χ2n) is 8.28. The van der Waals surface area contributed by atoms with Gasteiger partial charge in [0.25, 0.3) is 0 Å². The average Bonchev–Trinajstić information content (AvgIpc) is 2.72. The summed E-state index contributed by atoms with van der Waals surface area (Å²) in [6, 6.07) is 0. The number of hydrogen-bond acceptors (Lipinski definition) is 0. The molecule has 0 rings (SSSR count). The fourth-order valence-electron chi connectivity index (χ4n) is 3.45. The zero-order valence-electron chi connectivity index (χ0n) is 20.3. The molecular formula is C26H54Sn2. The molecule has 2 heteroatoms. The summed E-state index contributed by atoms with van der Waals surface area (Å²) in [5.74, 6) is 0. The van der Waals surface area contributed by atoms with Crippen LogP contribution in [0.3, 0.4) is 0 Å². The molecule has 166 valence electrons. The van der Waals surface area contributed by atoms with E-state index >= 15 is 0 Å². The molecule has 0 saturated heterocycles. The van der Waals surface area contributed by atoms with Gasteiger partial charge in [-0.1, -0.05) is 0 Å². The van der Waals surface area contributed by atoms with E-state index in [4.69, 9.17) is 0 Å². The Morgan fingerprint density at radius 1 is 0.464 bits per heavy atom. The Hall–Kier alpha value is 1.08. The van der Waals surface area contributed by atoms with Crippen LogP contribution in [-0.4, -0.2) is 39.5 Å². The van der Waals surface area contributed by atoms with Gasteiger partial charge in [0.15, 0.2) is 0 Å². The van der Waals surface area contributed by atoms with Crippen LogP contribution in [-0.2, 0) is 0 Å². The Labute approximate surface area is 194 Å². The molecule has 0 amide bonds. The van der Waals surface area contributed by atoms with Gasteiger partial charge in [-0.2, -0.15) is 0 Å². The van der Waals surface area contributed by atoms with Crippen molar-refractivity contribution in [1.82, 2.24) is 0 Å². The summed E-state index contributed by atoms with van der Waals surface area (Å²) in [5.41, 5.74) is 0. The summed E-state index contributed by atoms with van der Waals surface area (Å²) >= 11 is -1.81. The van der Waals surface area contributed by atoms with E-state index in [0.29, 0.717) is 0 Å². The summed E-state index contributed by atoms with van der Waals surface area (Å²) in [6.07, 6.45) is 21.2. The Morgan fingerprint density at radius 2 is 0.714 bits per heavy atom. The average molecular weight is 604 g/mol. The standard InChI is InChI=1S/2C5H9.4C4H9.2Sn/c2*1-3-5-4-2;4*1-3-4-2;;/h2*3H,1-2,4-5H2;4*1,3-4H2,2H3;;. The van der Waals surface area contributed by atoms with Crippen molar-refractivity contribution in [2.75, 3.05) is 0 Å². The van der Waals surface area contributed by atoms with E-state index in [1.807, 2.05) is 0 Å². The van der Waals surface area contributed by atoms with Crippen molar-refractivity contribution in [1.29, 1.82) is 0 Å². The van der Waals surface area contributed by atoms with Gasteiger partial charge in [-0.25, -0.2) is 0 Å². The molecule has 0 fully saturated rings. The molecule has 0 saturated carbocycles. The van der Waals surface area contributed by atoms with Crippen molar-refractivity contribution in [2.45, 2.75) is 131 Å². The van der Waals surface area contributed by atoms with Crippen LogP contribution in [0.4, 0.5) is 0 Å². The summed E-state index contributed by atoms with van der Waals surface area (Å²) in [6.45, 7) is 16.9.